The molecule has 4 aliphatic carbocycles. The molecule has 5 fully saturated rings. The molecule has 4 bridgehead atoms. The first kappa shape index (κ1) is 22.4. The highest BCUT2D eigenvalue weighted by Gasteiger charge is 2.51. The predicted molar refractivity (Wildman–Crippen MR) is 136 cm³/mol. The van der Waals surface area contributed by atoms with E-state index >= 15 is 0 Å². The van der Waals surface area contributed by atoms with E-state index in [2.05, 4.69) is 18.2 Å². The number of ether oxygens (including phenoxy) is 1. The first-order chi connectivity index (χ1) is 17.0. The maximum absolute atomic E-state index is 13.2. The van der Waals surface area contributed by atoms with E-state index in [9.17, 15) is 14.9 Å². The Hall–Kier alpha value is -3.04. The fraction of sp³-hybridized carbons (Fsp3) is 0.414. The normalized spacial score (nSPS) is 30.2. The highest BCUT2D eigenvalue weighted by atomic mass is 32.2. The molecule has 0 unspecified atom stereocenters. The molecular weight excluding hydrogens is 456 g/mol. The number of carbonyl (C=O) groups is 2. The number of thioether (sulfide) groups is 1. The molecule has 1 heterocycles. The van der Waals surface area contributed by atoms with Crippen LogP contribution in [-0.4, -0.2) is 23.2 Å². The summed E-state index contributed by atoms with van der Waals surface area (Å²) in [5.41, 5.74) is 3.58. The molecule has 2 aromatic carbocycles. The minimum absolute atomic E-state index is 0.0934. The molecular formula is C29H28N2O3S. The Kier molecular flexibility index (Phi) is 5.49. The molecule has 2 aromatic rings. The van der Waals surface area contributed by atoms with Crippen LogP contribution in [0.15, 0.2) is 47.4 Å². The molecule has 6 heteroatoms. The van der Waals surface area contributed by atoms with Crippen molar-refractivity contribution < 1.29 is 14.3 Å². The van der Waals surface area contributed by atoms with Gasteiger partial charge in [0.05, 0.1) is 30.2 Å². The van der Waals surface area contributed by atoms with Crippen LogP contribution in [0.5, 0.6) is 5.75 Å². The van der Waals surface area contributed by atoms with Crippen LogP contribution < -0.4 is 4.74 Å². The summed E-state index contributed by atoms with van der Waals surface area (Å²) in [6, 6.07) is 15.6. The Morgan fingerprint density at radius 1 is 1.09 bits per heavy atom. The molecule has 5 aliphatic rings. The Balaban J connectivity index is 1.31. The van der Waals surface area contributed by atoms with E-state index in [1.54, 1.807) is 25.3 Å². The number of nitrogens with zero attached hydrogens (tertiary/aromatic N) is 2. The van der Waals surface area contributed by atoms with Gasteiger partial charge in [0.15, 0.2) is 0 Å². The summed E-state index contributed by atoms with van der Waals surface area (Å²) in [6.45, 7) is 0.0934. The number of imide groups is 1. The van der Waals surface area contributed by atoms with Crippen molar-refractivity contribution in [1.29, 1.82) is 5.26 Å². The van der Waals surface area contributed by atoms with Crippen molar-refractivity contribution in [3.8, 4) is 11.8 Å². The van der Waals surface area contributed by atoms with Gasteiger partial charge in [0.1, 0.15) is 5.75 Å². The summed E-state index contributed by atoms with van der Waals surface area (Å²) in [5.74, 6) is 2.92. The highest BCUT2D eigenvalue weighted by Crippen LogP contribution is 2.61. The smallest absolute Gasteiger partial charge is 0.293 e. The van der Waals surface area contributed by atoms with Gasteiger partial charge in [0.2, 0.25) is 0 Å². The lowest BCUT2D eigenvalue weighted by molar-refractivity contribution is -0.123. The molecule has 1 aliphatic heterocycles. The third-order valence-electron chi connectivity index (χ3n) is 8.51. The summed E-state index contributed by atoms with van der Waals surface area (Å²) in [4.78, 5) is 27.6. The van der Waals surface area contributed by atoms with E-state index in [-0.39, 0.29) is 23.1 Å². The van der Waals surface area contributed by atoms with Gasteiger partial charge in [-0.1, -0.05) is 24.3 Å². The Morgan fingerprint density at radius 3 is 2.43 bits per heavy atom. The van der Waals surface area contributed by atoms with Crippen molar-refractivity contribution in [2.75, 3.05) is 7.11 Å². The number of methoxy groups -OCH3 is 1. The lowest BCUT2D eigenvalue weighted by Gasteiger charge is -2.57. The van der Waals surface area contributed by atoms with Crippen molar-refractivity contribution in [2.24, 2.45) is 17.8 Å². The van der Waals surface area contributed by atoms with Crippen LogP contribution in [0, 0.1) is 29.1 Å². The Bertz CT molecular complexity index is 1260. The topological polar surface area (TPSA) is 70.4 Å². The standard InChI is InChI=1S/C29H28N2O3S/c1-34-25-7-6-24(29-13-18-8-19(14-29)10-20(9-18)15-29)11-23(25)12-26-27(32)31(28(33)35-26)17-22-5-3-2-4-21(22)16-30/h2-7,11-12,18-20H,8-10,13-15,17H2,1H3/b26-12+. The van der Waals surface area contributed by atoms with Crippen LogP contribution in [0.4, 0.5) is 4.79 Å². The summed E-state index contributed by atoms with van der Waals surface area (Å²) < 4.78 is 5.64. The molecule has 178 valence electrons. The zero-order chi connectivity index (χ0) is 24.2. The maximum Gasteiger partial charge on any atom is 0.293 e. The van der Waals surface area contributed by atoms with Gasteiger partial charge < -0.3 is 4.74 Å². The minimum atomic E-state index is -0.324. The van der Waals surface area contributed by atoms with Crippen LogP contribution >= 0.6 is 11.8 Å². The van der Waals surface area contributed by atoms with Crippen LogP contribution in [0.1, 0.15) is 60.8 Å². The average Bonchev–Trinajstić information content (AvgIpc) is 3.11. The fourth-order valence-electron chi connectivity index (χ4n) is 7.36. The third-order valence-corrected chi connectivity index (χ3v) is 9.41. The second-order valence-corrected chi connectivity index (χ2v) is 11.7. The first-order valence-electron chi connectivity index (χ1n) is 12.4. The molecule has 4 saturated carbocycles. The van der Waals surface area contributed by atoms with Crippen LogP contribution in [0.3, 0.4) is 0 Å². The van der Waals surface area contributed by atoms with E-state index in [0.717, 1.165) is 35.1 Å². The molecule has 0 N–H and O–H groups in total. The average molecular weight is 485 g/mol. The highest BCUT2D eigenvalue weighted by molar-refractivity contribution is 8.18. The summed E-state index contributed by atoms with van der Waals surface area (Å²) in [6.07, 6.45) is 9.78. The maximum atomic E-state index is 13.2. The van der Waals surface area contributed by atoms with Gasteiger partial charge >= 0.3 is 0 Å². The second-order valence-electron chi connectivity index (χ2n) is 10.7. The van der Waals surface area contributed by atoms with Gasteiger partial charge in [0, 0.05) is 5.56 Å². The monoisotopic (exact) mass is 484 g/mol. The van der Waals surface area contributed by atoms with E-state index in [1.165, 1.54) is 49.0 Å². The van der Waals surface area contributed by atoms with Crippen molar-refractivity contribution in [3.05, 3.63) is 69.6 Å². The Morgan fingerprint density at radius 2 is 1.77 bits per heavy atom. The fourth-order valence-corrected chi connectivity index (χ4v) is 8.19. The molecule has 5 nitrogen and oxygen atoms in total. The quantitative estimate of drug-likeness (QED) is 0.468. The summed E-state index contributed by atoms with van der Waals surface area (Å²) >= 11 is 0.954. The minimum Gasteiger partial charge on any atom is -0.496 e. The van der Waals surface area contributed by atoms with Crippen molar-refractivity contribution in [3.63, 3.8) is 0 Å². The zero-order valence-corrected chi connectivity index (χ0v) is 20.6. The number of benzene rings is 2. The molecule has 7 rings (SSSR count). The van der Waals surface area contributed by atoms with E-state index in [4.69, 9.17) is 4.74 Å². The molecule has 0 aromatic heterocycles. The number of amides is 2. The lowest BCUT2D eigenvalue weighted by Crippen LogP contribution is -2.48. The summed E-state index contributed by atoms with van der Waals surface area (Å²) in [7, 11) is 1.64. The number of hydrogen-bond donors (Lipinski definition) is 0. The number of nitriles is 1. The number of hydrogen-bond acceptors (Lipinski definition) is 5. The van der Waals surface area contributed by atoms with Gasteiger partial charge in [-0.3, -0.25) is 14.5 Å². The van der Waals surface area contributed by atoms with Crippen LogP contribution in [0.25, 0.3) is 6.08 Å². The van der Waals surface area contributed by atoms with E-state index in [0.29, 0.717) is 21.8 Å². The van der Waals surface area contributed by atoms with Gasteiger partial charge in [-0.05, 0) is 109 Å². The van der Waals surface area contributed by atoms with Crippen molar-refractivity contribution in [1.82, 2.24) is 4.90 Å². The second kappa shape index (κ2) is 8.57. The van der Waals surface area contributed by atoms with Gasteiger partial charge in [-0.15, -0.1) is 0 Å². The molecule has 2 amide bonds. The van der Waals surface area contributed by atoms with Gasteiger partial charge in [-0.2, -0.15) is 5.26 Å². The van der Waals surface area contributed by atoms with Crippen LogP contribution in [-0.2, 0) is 16.8 Å². The lowest BCUT2D eigenvalue weighted by atomic mass is 9.48. The van der Waals surface area contributed by atoms with Gasteiger partial charge in [0.25, 0.3) is 11.1 Å². The summed E-state index contributed by atoms with van der Waals surface area (Å²) in [5, 5.41) is 9.06. The largest absolute Gasteiger partial charge is 0.496 e. The van der Waals surface area contributed by atoms with E-state index < -0.39 is 0 Å². The third kappa shape index (κ3) is 3.87. The molecule has 0 spiro atoms. The number of rotatable bonds is 5. The molecule has 35 heavy (non-hydrogen) atoms. The van der Waals surface area contributed by atoms with Crippen molar-refractivity contribution >= 4 is 29.0 Å². The first-order valence-corrected chi connectivity index (χ1v) is 13.2. The number of carbonyl (C=O) groups excluding carboxylic acids is 2. The Labute approximate surface area is 210 Å². The zero-order valence-electron chi connectivity index (χ0n) is 19.8. The SMILES string of the molecule is COc1ccc(C23CC4CC(CC(C4)C2)C3)cc1/C=C1/SC(=O)N(Cc2ccccc2C#N)C1=O. The van der Waals surface area contributed by atoms with Crippen molar-refractivity contribution in [2.45, 2.75) is 50.5 Å². The molecule has 1 saturated heterocycles. The van der Waals surface area contributed by atoms with Crippen LogP contribution in [0.2, 0.25) is 0 Å². The van der Waals surface area contributed by atoms with Gasteiger partial charge in [-0.25, -0.2) is 0 Å². The molecule has 0 atom stereocenters. The molecule has 0 radical (unpaired) electrons. The predicted octanol–water partition coefficient (Wildman–Crippen LogP) is 6.27. The van der Waals surface area contributed by atoms with E-state index in [1.807, 2.05) is 18.2 Å².